The van der Waals surface area contributed by atoms with Crippen LogP contribution in [-0.4, -0.2) is 11.4 Å². The molecule has 1 aromatic carbocycles. The van der Waals surface area contributed by atoms with Crippen LogP contribution in [0.5, 0.6) is 0 Å². The lowest BCUT2D eigenvalue weighted by Gasteiger charge is -1.93. The van der Waals surface area contributed by atoms with E-state index < -0.39 is 0 Å². The molecule has 0 unspecified atom stereocenters. The van der Waals surface area contributed by atoms with Crippen LogP contribution < -0.4 is 11.5 Å². The normalized spacial score (nSPS) is 13.2. The average Bonchev–Trinajstić information content (AvgIpc) is 2.28. The second-order valence-electron chi connectivity index (χ2n) is 3.24. The summed E-state index contributed by atoms with van der Waals surface area (Å²) in [4.78, 5) is 0. The van der Waals surface area contributed by atoms with Crippen molar-refractivity contribution >= 4 is 22.8 Å². The van der Waals surface area contributed by atoms with Gasteiger partial charge < -0.3 is 22.3 Å². The van der Waals surface area contributed by atoms with E-state index in [0.717, 1.165) is 11.4 Å². The quantitative estimate of drug-likeness (QED) is 0.392. The highest BCUT2D eigenvalue weighted by molar-refractivity contribution is 6.16. The molecule has 1 aliphatic carbocycles. The molecule has 0 fully saturated rings. The summed E-state index contributed by atoms with van der Waals surface area (Å²) in [6.07, 6.45) is 6.40. The number of hydrogen-bond acceptors (Lipinski definition) is 4. The topological polar surface area (TPSA) is 99.7 Å². The molecule has 0 bridgehead atoms. The number of benzene rings is 1. The summed E-state index contributed by atoms with van der Waals surface area (Å²) < 4.78 is 0. The lowest BCUT2D eigenvalue weighted by atomic mass is 10.2. The van der Waals surface area contributed by atoms with Crippen LogP contribution in [0.4, 0.5) is 11.4 Å². The molecule has 4 heteroatoms. The first kappa shape index (κ1) is 11.7. The molecular formula is C12H14N4. The molecule has 1 aromatic rings. The summed E-state index contributed by atoms with van der Waals surface area (Å²) in [7, 11) is 0. The van der Waals surface area contributed by atoms with Crippen molar-refractivity contribution in [1.29, 1.82) is 10.8 Å². The lowest BCUT2D eigenvalue weighted by molar-refractivity contribution is 1.50. The van der Waals surface area contributed by atoms with E-state index in [4.69, 9.17) is 22.3 Å². The van der Waals surface area contributed by atoms with E-state index in [1.807, 2.05) is 0 Å². The second kappa shape index (κ2) is 5.50. The fraction of sp³-hybridized carbons (Fsp3) is 0. The van der Waals surface area contributed by atoms with Crippen molar-refractivity contribution in [1.82, 2.24) is 0 Å². The minimum atomic E-state index is 0.459. The predicted molar refractivity (Wildman–Crippen MR) is 69.0 cm³/mol. The van der Waals surface area contributed by atoms with Crippen LogP contribution in [0.25, 0.3) is 0 Å². The van der Waals surface area contributed by atoms with Gasteiger partial charge in [-0.25, -0.2) is 0 Å². The molecule has 0 spiro atoms. The molecule has 0 atom stereocenters. The second-order valence-corrected chi connectivity index (χ2v) is 3.24. The van der Waals surface area contributed by atoms with E-state index in [1.165, 1.54) is 0 Å². The summed E-state index contributed by atoms with van der Waals surface area (Å²) >= 11 is 0. The molecule has 0 aromatic heterocycles. The van der Waals surface area contributed by atoms with Crippen molar-refractivity contribution in [2.75, 3.05) is 11.5 Å². The molecule has 1 aliphatic rings. The van der Waals surface area contributed by atoms with Gasteiger partial charge in [-0.15, -0.1) is 0 Å². The van der Waals surface area contributed by atoms with Gasteiger partial charge in [0, 0.05) is 11.4 Å². The SMILES string of the molecule is N=C1C=CC(=N)C=C1.Nc1ccc(N)cc1. The Labute approximate surface area is 94.3 Å². The summed E-state index contributed by atoms with van der Waals surface area (Å²) in [5.41, 5.74) is 13.2. The first-order chi connectivity index (χ1) is 7.58. The molecule has 0 radical (unpaired) electrons. The van der Waals surface area contributed by atoms with E-state index >= 15 is 0 Å². The minimum Gasteiger partial charge on any atom is -0.399 e. The summed E-state index contributed by atoms with van der Waals surface area (Å²) in [5, 5.41) is 14.0. The van der Waals surface area contributed by atoms with Crippen LogP contribution in [0, 0.1) is 10.8 Å². The van der Waals surface area contributed by atoms with Crippen LogP contribution >= 0.6 is 0 Å². The van der Waals surface area contributed by atoms with Gasteiger partial charge in [0.05, 0.1) is 11.4 Å². The molecule has 0 heterocycles. The standard InChI is InChI=1S/C6H8N2.C6H6N2/c2*7-5-1-2-6(8)4-3-5/h1-4H,7-8H2;1-4,7-8H. The van der Waals surface area contributed by atoms with E-state index in [9.17, 15) is 0 Å². The molecule has 16 heavy (non-hydrogen) atoms. The molecule has 0 saturated heterocycles. The van der Waals surface area contributed by atoms with Crippen molar-refractivity contribution in [2.24, 2.45) is 0 Å². The van der Waals surface area contributed by atoms with E-state index in [1.54, 1.807) is 48.6 Å². The minimum absolute atomic E-state index is 0.459. The Bertz CT molecular complexity index is 382. The molecule has 82 valence electrons. The van der Waals surface area contributed by atoms with E-state index in [-0.39, 0.29) is 0 Å². The van der Waals surface area contributed by atoms with Crippen molar-refractivity contribution < 1.29 is 0 Å². The van der Waals surface area contributed by atoms with Crippen molar-refractivity contribution in [3.8, 4) is 0 Å². The Morgan fingerprint density at radius 3 is 1.12 bits per heavy atom. The van der Waals surface area contributed by atoms with Crippen molar-refractivity contribution in [3.63, 3.8) is 0 Å². The highest BCUT2D eigenvalue weighted by atomic mass is 14.6. The van der Waals surface area contributed by atoms with Crippen LogP contribution in [-0.2, 0) is 0 Å². The summed E-state index contributed by atoms with van der Waals surface area (Å²) in [5.74, 6) is 0. The first-order valence-corrected chi connectivity index (χ1v) is 4.72. The monoisotopic (exact) mass is 214 g/mol. The van der Waals surface area contributed by atoms with Gasteiger partial charge in [0.15, 0.2) is 0 Å². The highest BCUT2D eigenvalue weighted by Crippen LogP contribution is 2.04. The zero-order valence-corrected chi connectivity index (χ0v) is 8.77. The predicted octanol–water partition coefficient (Wildman–Crippen LogP) is 2.00. The third-order valence-electron chi connectivity index (χ3n) is 1.82. The number of nitrogens with one attached hydrogen (secondary N) is 2. The Hall–Kier alpha value is -2.36. The number of anilines is 2. The molecule has 4 nitrogen and oxygen atoms in total. The number of rotatable bonds is 0. The van der Waals surface area contributed by atoms with Gasteiger partial charge >= 0.3 is 0 Å². The zero-order valence-electron chi connectivity index (χ0n) is 8.77. The zero-order chi connectivity index (χ0) is 12.0. The third kappa shape index (κ3) is 4.23. The van der Waals surface area contributed by atoms with Gasteiger partial charge in [-0.05, 0) is 48.6 Å². The van der Waals surface area contributed by atoms with E-state index in [2.05, 4.69) is 0 Å². The van der Waals surface area contributed by atoms with Crippen LogP contribution in [0.1, 0.15) is 0 Å². The first-order valence-electron chi connectivity index (χ1n) is 4.72. The number of allylic oxidation sites excluding steroid dienone is 4. The molecule has 6 N–H and O–H groups in total. The van der Waals surface area contributed by atoms with Gasteiger partial charge in [0.25, 0.3) is 0 Å². The Morgan fingerprint density at radius 2 is 0.875 bits per heavy atom. The summed E-state index contributed by atoms with van der Waals surface area (Å²) in [6.45, 7) is 0. The summed E-state index contributed by atoms with van der Waals surface area (Å²) in [6, 6.07) is 7.09. The van der Waals surface area contributed by atoms with Gasteiger partial charge in [0.1, 0.15) is 0 Å². The van der Waals surface area contributed by atoms with Crippen LogP contribution in [0.2, 0.25) is 0 Å². The molecule has 2 rings (SSSR count). The molecule has 0 amide bonds. The van der Waals surface area contributed by atoms with Crippen molar-refractivity contribution in [2.45, 2.75) is 0 Å². The fourth-order valence-electron chi connectivity index (χ4n) is 0.966. The number of nitrogen functional groups attached to an aromatic ring is 2. The Morgan fingerprint density at radius 1 is 0.625 bits per heavy atom. The molecule has 0 aliphatic heterocycles. The van der Waals surface area contributed by atoms with Gasteiger partial charge in [-0.1, -0.05) is 0 Å². The van der Waals surface area contributed by atoms with Crippen molar-refractivity contribution in [3.05, 3.63) is 48.6 Å². The fourth-order valence-corrected chi connectivity index (χ4v) is 0.966. The average molecular weight is 214 g/mol. The maximum Gasteiger partial charge on any atom is 0.0541 e. The Kier molecular flexibility index (Phi) is 4.03. The molecular weight excluding hydrogens is 200 g/mol. The Balaban J connectivity index is 0.000000160. The van der Waals surface area contributed by atoms with Gasteiger partial charge in [-0.3, -0.25) is 0 Å². The highest BCUT2D eigenvalue weighted by Gasteiger charge is 1.91. The van der Waals surface area contributed by atoms with Crippen LogP contribution in [0.15, 0.2) is 48.6 Å². The largest absolute Gasteiger partial charge is 0.399 e. The van der Waals surface area contributed by atoms with Crippen LogP contribution in [0.3, 0.4) is 0 Å². The smallest absolute Gasteiger partial charge is 0.0541 e. The van der Waals surface area contributed by atoms with E-state index in [0.29, 0.717) is 11.4 Å². The molecule has 0 saturated carbocycles. The maximum absolute atomic E-state index is 7.01. The van der Waals surface area contributed by atoms with Gasteiger partial charge in [0.2, 0.25) is 0 Å². The van der Waals surface area contributed by atoms with Gasteiger partial charge in [-0.2, -0.15) is 0 Å². The lowest BCUT2D eigenvalue weighted by Crippen LogP contribution is -1.95. The third-order valence-corrected chi connectivity index (χ3v) is 1.82. The number of nitrogens with two attached hydrogens (primary N) is 2. The maximum atomic E-state index is 7.01. The number of hydrogen-bond donors (Lipinski definition) is 4.